The molecule has 3 N–H and O–H groups in total. The van der Waals surface area contributed by atoms with Crippen molar-refractivity contribution in [3.8, 4) is 0 Å². The average molecular weight is 503 g/mol. The van der Waals surface area contributed by atoms with Crippen molar-refractivity contribution in [3.05, 3.63) is 0 Å². The van der Waals surface area contributed by atoms with Gasteiger partial charge in [0, 0.05) is 37.1 Å². The van der Waals surface area contributed by atoms with Crippen LogP contribution in [0.1, 0.15) is 52.4 Å². The molecule has 1 saturated heterocycles. The number of nitrogens with one attached hydrogen (secondary N) is 2. The summed E-state index contributed by atoms with van der Waals surface area (Å²) in [5.74, 6) is -4.17. The smallest absolute Gasteiger partial charge is 0.307 e. The number of carbonyl (C=O) groups excluding carboxylic acids is 6. The number of Topliss-reactive ketones (excluding diaryl/α,β-unsaturated/α-hetero) is 1. The van der Waals surface area contributed by atoms with Crippen LogP contribution in [0.15, 0.2) is 0 Å². The molecule has 1 rings (SSSR count). The van der Waals surface area contributed by atoms with Crippen molar-refractivity contribution in [2.24, 2.45) is 5.41 Å². The first-order chi connectivity index (χ1) is 15.9. The topological polar surface area (TPSA) is 182 Å². The quantitative estimate of drug-likeness (QED) is 0.346. The average Bonchev–Trinajstić information content (AvgIpc) is 2.75. The number of rotatable bonds is 4. The van der Waals surface area contributed by atoms with Gasteiger partial charge in [0.1, 0.15) is 12.4 Å². The Bertz CT molecular complexity index is 811. The van der Waals surface area contributed by atoms with Crippen LogP contribution in [0.25, 0.3) is 0 Å². The van der Waals surface area contributed by atoms with Crippen LogP contribution < -0.4 is 10.6 Å². The highest BCUT2D eigenvalue weighted by atomic mass is 32.2. The van der Waals surface area contributed by atoms with Gasteiger partial charge in [0.15, 0.2) is 11.2 Å². The lowest BCUT2D eigenvalue weighted by Gasteiger charge is -2.32. The molecule has 0 saturated carbocycles. The van der Waals surface area contributed by atoms with Gasteiger partial charge >= 0.3 is 17.9 Å². The van der Waals surface area contributed by atoms with Crippen LogP contribution in [0.2, 0.25) is 0 Å². The fourth-order valence-electron chi connectivity index (χ4n) is 2.76. The maximum atomic E-state index is 12.7. The second kappa shape index (κ2) is 14.3. The highest BCUT2D eigenvalue weighted by molar-refractivity contribution is 8.13. The third-order valence-corrected chi connectivity index (χ3v) is 5.51. The molecule has 1 aliphatic heterocycles. The molecule has 0 aromatic rings. The summed E-state index contributed by atoms with van der Waals surface area (Å²) < 4.78 is 10.4. The molecule has 0 unspecified atom stereocenters. The Morgan fingerprint density at radius 3 is 2.44 bits per heavy atom. The lowest BCUT2D eigenvalue weighted by atomic mass is 9.86. The van der Waals surface area contributed by atoms with Crippen molar-refractivity contribution in [2.45, 2.75) is 58.5 Å². The van der Waals surface area contributed by atoms with Crippen molar-refractivity contribution >= 4 is 52.4 Å². The summed E-state index contributed by atoms with van der Waals surface area (Å²) in [5.41, 5.74) is -1.22. The first-order valence-corrected chi connectivity index (χ1v) is 11.7. The first-order valence-electron chi connectivity index (χ1n) is 10.7. The number of carboxylic acids is 1. The van der Waals surface area contributed by atoms with E-state index in [4.69, 9.17) is 14.6 Å². The number of thioether (sulfide) groups is 1. The third-order valence-electron chi connectivity index (χ3n) is 4.63. The molecular weight excluding hydrogens is 472 g/mol. The molecule has 0 aromatic carbocycles. The molecule has 190 valence electrons. The fraction of sp³-hybridized carbons (Fsp3) is 0.667. The number of esters is 2. The van der Waals surface area contributed by atoms with Crippen molar-refractivity contribution in [3.63, 3.8) is 0 Å². The minimum Gasteiger partial charge on any atom is -0.481 e. The van der Waals surface area contributed by atoms with Crippen molar-refractivity contribution < 1.29 is 48.1 Å². The van der Waals surface area contributed by atoms with Gasteiger partial charge in [0.25, 0.3) is 5.91 Å². The summed E-state index contributed by atoms with van der Waals surface area (Å²) in [4.78, 5) is 83.3. The summed E-state index contributed by atoms with van der Waals surface area (Å²) in [6, 6.07) is 0. The van der Waals surface area contributed by atoms with E-state index in [0.717, 1.165) is 11.8 Å². The molecule has 13 heteroatoms. The zero-order valence-corrected chi connectivity index (χ0v) is 20.0. The maximum Gasteiger partial charge on any atom is 0.307 e. The molecule has 0 radical (unpaired) electrons. The van der Waals surface area contributed by atoms with Crippen molar-refractivity contribution in [2.75, 3.05) is 25.4 Å². The number of carboxylic acid groups (broad SMARTS) is 1. The van der Waals surface area contributed by atoms with Crippen LogP contribution in [0, 0.1) is 5.41 Å². The maximum absolute atomic E-state index is 12.7. The monoisotopic (exact) mass is 502 g/mol. The molecule has 0 spiro atoms. The Morgan fingerprint density at radius 1 is 1.06 bits per heavy atom. The zero-order chi connectivity index (χ0) is 25.7. The number of aliphatic carboxylic acids is 1. The third kappa shape index (κ3) is 11.8. The number of hydrogen-bond acceptors (Lipinski definition) is 10. The van der Waals surface area contributed by atoms with Gasteiger partial charge in [-0.2, -0.15) is 0 Å². The highest BCUT2D eigenvalue weighted by Crippen LogP contribution is 2.25. The van der Waals surface area contributed by atoms with Crippen LogP contribution in [-0.2, 0) is 43.0 Å². The highest BCUT2D eigenvalue weighted by Gasteiger charge is 2.40. The van der Waals surface area contributed by atoms with Gasteiger partial charge in [-0.15, -0.1) is 0 Å². The van der Waals surface area contributed by atoms with Gasteiger partial charge in [-0.3, -0.25) is 33.6 Å². The van der Waals surface area contributed by atoms with Gasteiger partial charge in [0.2, 0.25) is 5.91 Å². The molecule has 0 aromatic heterocycles. The van der Waals surface area contributed by atoms with Crippen LogP contribution in [-0.4, -0.2) is 77.3 Å². The number of carbonyl (C=O) groups is 7. The van der Waals surface area contributed by atoms with Gasteiger partial charge in [-0.1, -0.05) is 25.6 Å². The molecular formula is C21H30N2O10S. The molecule has 34 heavy (non-hydrogen) atoms. The van der Waals surface area contributed by atoms with Gasteiger partial charge < -0.3 is 25.2 Å². The van der Waals surface area contributed by atoms with E-state index < -0.39 is 54.0 Å². The lowest BCUT2D eigenvalue weighted by molar-refractivity contribution is -0.169. The Labute approximate surface area is 200 Å². The molecule has 12 nitrogen and oxygen atoms in total. The molecule has 0 aliphatic carbocycles. The van der Waals surface area contributed by atoms with Crippen LogP contribution in [0.5, 0.6) is 0 Å². The van der Waals surface area contributed by atoms with Crippen LogP contribution in [0.4, 0.5) is 0 Å². The molecule has 1 aliphatic rings. The number of amides is 2. The zero-order valence-electron chi connectivity index (χ0n) is 19.2. The van der Waals surface area contributed by atoms with Crippen molar-refractivity contribution in [1.29, 1.82) is 0 Å². The Hall–Kier alpha value is -2.96. The molecule has 1 atom stereocenters. The standard InChI is InChI=1S/C21H30N2O10S/c1-21(2)12-32-16(28)5-3-13(24)11-18(30)34-10-9-22-14(25)7-8-23-20(31)19(21)33-17(29)6-4-15(26)27/h19H,3-12H2,1-2H3,(H,22,25)(H,23,31)(H,26,27)/t19-/m0/s1. The largest absolute Gasteiger partial charge is 0.481 e. The van der Waals surface area contributed by atoms with E-state index in [2.05, 4.69) is 10.6 Å². The summed E-state index contributed by atoms with van der Waals surface area (Å²) >= 11 is 0.896. The number of ketones is 1. The normalized spacial score (nSPS) is 21.7. The summed E-state index contributed by atoms with van der Waals surface area (Å²) in [7, 11) is 0. The summed E-state index contributed by atoms with van der Waals surface area (Å²) in [5, 5.41) is 13.4. The van der Waals surface area contributed by atoms with E-state index in [9.17, 15) is 33.6 Å². The minimum atomic E-state index is -1.44. The number of ether oxygens (including phenoxy) is 2. The van der Waals surface area contributed by atoms with Gasteiger partial charge in [-0.05, 0) is 0 Å². The summed E-state index contributed by atoms with van der Waals surface area (Å²) in [6.07, 6.45) is -3.29. The Kier molecular flexibility index (Phi) is 12.3. The molecule has 0 bridgehead atoms. The molecule has 1 fully saturated rings. The van der Waals surface area contributed by atoms with Gasteiger partial charge in [-0.25, -0.2) is 0 Å². The molecule has 1 heterocycles. The number of cyclic esters (lactones) is 1. The van der Waals surface area contributed by atoms with Crippen LogP contribution in [0.3, 0.4) is 0 Å². The lowest BCUT2D eigenvalue weighted by Crippen LogP contribution is -2.49. The predicted octanol–water partition coefficient (Wildman–Crippen LogP) is -0.0323. The van der Waals surface area contributed by atoms with E-state index in [1.807, 2.05) is 0 Å². The summed E-state index contributed by atoms with van der Waals surface area (Å²) in [6.45, 7) is 2.76. The first kappa shape index (κ1) is 29.1. The molecule has 2 amide bonds. The Morgan fingerprint density at radius 2 is 1.76 bits per heavy atom. The van der Waals surface area contributed by atoms with E-state index in [1.54, 1.807) is 0 Å². The predicted molar refractivity (Wildman–Crippen MR) is 118 cm³/mol. The number of hydrogen-bond donors (Lipinski definition) is 3. The Balaban J connectivity index is 2.94. The van der Waals surface area contributed by atoms with E-state index >= 15 is 0 Å². The second-order valence-electron chi connectivity index (χ2n) is 8.24. The van der Waals surface area contributed by atoms with Crippen LogP contribution >= 0.6 is 11.8 Å². The van der Waals surface area contributed by atoms with Crippen molar-refractivity contribution in [1.82, 2.24) is 10.6 Å². The minimum absolute atomic E-state index is 0.0791. The van der Waals surface area contributed by atoms with Gasteiger partial charge in [0.05, 0.1) is 25.7 Å². The SMILES string of the molecule is CC1(C)COC(=O)CCC(=O)CC(=O)SCCNC(=O)CCNC(=O)[C@@H]1OC(=O)CCC(=O)O. The van der Waals surface area contributed by atoms with E-state index in [1.165, 1.54) is 13.8 Å². The fourth-order valence-corrected chi connectivity index (χ4v) is 3.45. The van der Waals surface area contributed by atoms with E-state index in [-0.39, 0.29) is 62.2 Å². The van der Waals surface area contributed by atoms with E-state index in [0.29, 0.717) is 0 Å². The second-order valence-corrected chi connectivity index (χ2v) is 9.39.